The molecule has 17 heavy (non-hydrogen) atoms. The molecule has 1 N–H and O–H groups in total. The molecule has 0 fully saturated rings. The summed E-state index contributed by atoms with van der Waals surface area (Å²) >= 11 is 0. The first kappa shape index (κ1) is 11.9. The van der Waals surface area contributed by atoms with Crippen molar-refractivity contribution in [1.29, 1.82) is 0 Å². The van der Waals surface area contributed by atoms with Gasteiger partial charge in [-0.15, -0.1) is 0 Å². The van der Waals surface area contributed by atoms with Gasteiger partial charge in [0.05, 0.1) is 12.3 Å². The molecule has 1 aromatic carbocycles. The number of imidazole rings is 1. The first-order chi connectivity index (χ1) is 8.22. The monoisotopic (exact) mass is 230 g/mol. The van der Waals surface area contributed by atoms with Crippen LogP contribution in [0, 0.1) is 6.92 Å². The molecule has 0 atom stereocenters. The number of nitrogens with zero attached hydrogens (tertiary/aromatic N) is 2. The molecular weight excluding hydrogens is 212 g/mol. The van der Waals surface area contributed by atoms with Crippen LogP contribution in [-0.4, -0.2) is 21.3 Å². The van der Waals surface area contributed by atoms with E-state index >= 15 is 0 Å². The first-order valence-corrected chi connectivity index (χ1v) is 5.88. The van der Waals surface area contributed by atoms with E-state index in [1.165, 1.54) is 11.3 Å². The standard InChI is InChI=1S/C14H18N2O/c1-11-13(10-12-6-4-3-5-7-12)15-14(8-9-17)16(11)2/h3-7,17H,8-10H2,1-2H3. The minimum absolute atomic E-state index is 0.148. The van der Waals surface area contributed by atoms with Crippen molar-refractivity contribution in [2.24, 2.45) is 7.05 Å². The summed E-state index contributed by atoms with van der Waals surface area (Å²) in [6.07, 6.45) is 1.47. The quantitative estimate of drug-likeness (QED) is 0.870. The van der Waals surface area contributed by atoms with Gasteiger partial charge in [-0.05, 0) is 12.5 Å². The fourth-order valence-corrected chi connectivity index (χ4v) is 1.98. The van der Waals surface area contributed by atoms with Gasteiger partial charge in [-0.1, -0.05) is 30.3 Å². The van der Waals surface area contributed by atoms with Crippen molar-refractivity contribution in [1.82, 2.24) is 9.55 Å². The SMILES string of the molecule is Cc1c(Cc2ccccc2)nc(CCO)n1C. The molecule has 0 aliphatic rings. The molecule has 0 saturated heterocycles. The Labute approximate surface area is 102 Å². The van der Waals surface area contributed by atoms with E-state index in [0.29, 0.717) is 6.42 Å². The lowest BCUT2D eigenvalue weighted by Gasteiger charge is -2.01. The van der Waals surface area contributed by atoms with Gasteiger partial charge in [-0.25, -0.2) is 4.98 Å². The Morgan fingerprint density at radius 3 is 2.59 bits per heavy atom. The van der Waals surface area contributed by atoms with Gasteiger partial charge < -0.3 is 9.67 Å². The minimum atomic E-state index is 0.148. The minimum Gasteiger partial charge on any atom is -0.396 e. The summed E-state index contributed by atoms with van der Waals surface area (Å²) in [6.45, 7) is 2.22. The topological polar surface area (TPSA) is 38.1 Å². The summed E-state index contributed by atoms with van der Waals surface area (Å²) in [7, 11) is 2.00. The van der Waals surface area contributed by atoms with Gasteiger partial charge in [0, 0.05) is 25.6 Å². The second-order valence-corrected chi connectivity index (χ2v) is 4.26. The zero-order valence-electron chi connectivity index (χ0n) is 10.3. The van der Waals surface area contributed by atoms with E-state index in [0.717, 1.165) is 17.9 Å². The fourth-order valence-electron chi connectivity index (χ4n) is 1.98. The molecule has 2 aromatic rings. The van der Waals surface area contributed by atoms with E-state index in [2.05, 4.69) is 28.6 Å². The van der Waals surface area contributed by atoms with E-state index in [-0.39, 0.29) is 6.61 Å². The number of benzene rings is 1. The summed E-state index contributed by atoms with van der Waals surface area (Å²) in [4.78, 5) is 4.60. The van der Waals surface area contributed by atoms with Crippen LogP contribution in [0.4, 0.5) is 0 Å². The van der Waals surface area contributed by atoms with E-state index in [4.69, 9.17) is 5.11 Å². The molecule has 0 aliphatic carbocycles. The molecule has 0 spiro atoms. The Morgan fingerprint density at radius 1 is 1.24 bits per heavy atom. The summed E-state index contributed by atoms with van der Waals surface area (Å²) in [5.41, 5.74) is 3.55. The number of aliphatic hydroxyl groups is 1. The smallest absolute Gasteiger partial charge is 0.111 e. The summed E-state index contributed by atoms with van der Waals surface area (Å²) in [5, 5.41) is 8.98. The highest BCUT2D eigenvalue weighted by atomic mass is 16.3. The summed E-state index contributed by atoms with van der Waals surface area (Å²) < 4.78 is 2.06. The predicted molar refractivity (Wildman–Crippen MR) is 68.0 cm³/mol. The van der Waals surface area contributed by atoms with E-state index in [1.54, 1.807) is 0 Å². The largest absolute Gasteiger partial charge is 0.396 e. The molecule has 0 amide bonds. The van der Waals surface area contributed by atoms with Crippen LogP contribution in [0.1, 0.15) is 22.8 Å². The molecule has 0 bridgehead atoms. The number of aliphatic hydroxyl groups excluding tert-OH is 1. The Balaban J connectivity index is 2.25. The van der Waals surface area contributed by atoms with Crippen molar-refractivity contribution in [2.45, 2.75) is 19.8 Å². The van der Waals surface area contributed by atoms with Crippen LogP contribution in [0.3, 0.4) is 0 Å². The maximum Gasteiger partial charge on any atom is 0.111 e. The summed E-state index contributed by atoms with van der Waals surface area (Å²) in [5.74, 6) is 0.955. The van der Waals surface area contributed by atoms with Crippen molar-refractivity contribution in [3.63, 3.8) is 0 Å². The molecule has 2 rings (SSSR count). The molecule has 1 aromatic heterocycles. The van der Waals surface area contributed by atoms with E-state index < -0.39 is 0 Å². The van der Waals surface area contributed by atoms with Crippen LogP contribution in [0.2, 0.25) is 0 Å². The molecule has 0 aliphatic heterocycles. The van der Waals surface area contributed by atoms with Gasteiger partial charge in [0.1, 0.15) is 5.82 Å². The van der Waals surface area contributed by atoms with Gasteiger partial charge in [-0.3, -0.25) is 0 Å². The Hall–Kier alpha value is -1.61. The van der Waals surface area contributed by atoms with Gasteiger partial charge in [-0.2, -0.15) is 0 Å². The first-order valence-electron chi connectivity index (χ1n) is 5.88. The third-order valence-electron chi connectivity index (χ3n) is 3.12. The Morgan fingerprint density at radius 2 is 1.94 bits per heavy atom. The van der Waals surface area contributed by atoms with Crippen LogP contribution in [0.15, 0.2) is 30.3 Å². The van der Waals surface area contributed by atoms with Gasteiger partial charge in [0.25, 0.3) is 0 Å². The third kappa shape index (κ3) is 2.56. The molecular formula is C14H18N2O. The normalized spacial score (nSPS) is 10.8. The van der Waals surface area contributed by atoms with Crippen LogP contribution in [-0.2, 0) is 19.9 Å². The lowest BCUT2D eigenvalue weighted by Crippen LogP contribution is -2.01. The molecule has 0 unspecified atom stereocenters. The van der Waals surface area contributed by atoms with Crippen molar-refractivity contribution in [3.8, 4) is 0 Å². The highest BCUT2D eigenvalue weighted by Gasteiger charge is 2.10. The molecule has 0 radical (unpaired) electrons. The van der Waals surface area contributed by atoms with Crippen molar-refractivity contribution < 1.29 is 5.11 Å². The number of aromatic nitrogens is 2. The highest BCUT2D eigenvalue weighted by Crippen LogP contribution is 2.14. The molecule has 0 saturated carbocycles. The Bertz CT molecular complexity index is 488. The second-order valence-electron chi connectivity index (χ2n) is 4.26. The maximum atomic E-state index is 8.98. The molecule has 90 valence electrons. The van der Waals surface area contributed by atoms with Crippen molar-refractivity contribution in [3.05, 3.63) is 53.1 Å². The average Bonchev–Trinajstić information content (AvgIpc) is 2.60. The van der Waals surface area contributed by atoms with Gasteiger partial charge >= 0.3 is 0 Å². The van der Waals surface area contributed by atoms with E-state index in [9.17, 15) is 0 Å². The Kier molecular flexibility index (Phi) is 3.59. The zero-order valence-corrected chi connectivity index (χ0v) is 10.3. The lowest BCUT2D eigenvalue weighted by molar-refractivity contribution is 0.295. The molecule has 3 nitrogen and oxygen atoms in total. The number of rotatable bonds is 4. The van der Waals surface area contributed by atoms with Crippen molar-refractivity contribution in [2.75, 3.05) is 6.61 Å². The predicted octanol–water partition coefficient (Wildman–Crippen LogP) is 1.85. The van der Waals surface area contributed by atoms with Crippen LogP contribution in [0.25, 0.3) is 0 Å². The number of hydrogen-bond acceptors (Lipinski definition) is 2. The number of hydrogen-bond donors (Lipinski definition) is 1. The summed E-state index contributed by atoms with van der Waals surface area (Å²) in [6, 6.07) is 10.3. The van der Waals surface area contributed by atoms with Crippen LogP contribution in [0.5, 0.6) is 0 Å². The maximum absolute atomic E-state index is 8.98. The van der Waals surface area contributed by atoms with Crippen molar-refractivity contribution >= 4 is 0 Å². The van der Waals surface area contributed by atoms with Crippen LogP contribution >= 0.6 is 0 Å². The molecule has 1 heterocycles. The lowest BCUT2D eigenvalue weighted by atomic mass is 10.1. The second kappa shape index (κ2) is 5.15. The fraction of sp³-hybridized carbons (Fsp3) is 0.357. The third-order valence-corrected chi connectivity index (χ3v) is 3.12. The molecule has 3 heteroatoms. The van der Waals surface area contributed by atoms with Gasteiger partial charge in [0.2, 0.25) is 0 Å². The van der Waals surface area contributed by atoms with Crippen LogP contribution < -0.4 is 0 Å². The average molecular weight is 230 g/mol. The zero-order chi connectivity index (χ0) is 12.3. The highest BCUT2D eigenvalue weighted by molar-refractivity contribution is 5.25. The van der Waals surface area contributed by atoms with E-state index in [1.807, 2.05) is 25.2 Å². The van der Waals surface area contributed by atoms with Gasteiger partial charge in [0.15, 0.2) is 0 Å².